The van der Waals surface area contributed by atoms with E-state index < -0.39 is 0 Å². The summed E-state index contributed by atoms with van der Waals surface area (Å²) >= 11 is 1.45. The van der Waals surface area contributed by atoms with E-state index in [0.717, 1.165) is 16.5 Å². The minimum atomic E-state index is -0.347. The standard InChI is InChI=1S/C26H20N4O3S/c31-25(30-19-11-12-23(29-15-19)32-16-18-7-2-1-3-8-18)24-21(17-34-26-27-13-6-14-28-26)20-9-4-5-10-22(20)33-24/h1-15H,16-17H2,(H,30,31). The number of carbonyl (C=O) groups is 1. The summed E-state index contributed by atoms with van der Waals surface area (Å²) in [5.74, 6) is 0.883. The summed E-state index contributed by atoms with van der Waals surface area (Å²) in [6.45, 7) is 0.421. The topological polar surface area (TPSA) is 90.1 Å². The summed E-state index contributed by atoms with van der Waals surface area (Å²) in [6.07, 6.45) is 4.94. The number of anilines is 1. The van der Waals surface area contributed by atoms with Gasteiger partial charge >= 0.3 is 0 Å². The molecule has 0 aliphatic carbocycles. The molecule has 34 heavy (non-hydrogen) atoms. The average molecular weight is 469 g/mol. The van der Waals surface area contributed by atoms with Crippen LogP contribution in [0.15, 0.2) is 101 Å². The van der Waals surface area contributed by atoms with E-state index in [1.807, 2.05) is 54.6 Å². The first-order valence-corrected chi connectivity index (χ1v) is 11.6. The smallest absolute Gasteiger partial charge is 0.291 e. The van der Waals surface area contributed by atoms with Gasteiger partial charge in [0.2, 0.25) is 5.88 Å². The number of fused-ring (bicyclic) bond motifs is 1. The first kappa shape index (κ1) is 21.7. The Morgan fingerprint density at radius 1 is 0.912 bits per heavy atom. The van der Waals surface area contributed by atoms with Crippen LogP contribution in [0.4, 0.5) is 5.69 Å². The van der Waals surface area contributed by atoms with Crippen molar-refractivity contribution < 1.29 is 13.9 Å². The van der Waals surface area contributed by atoms with Crippen LogP contribution in [0.3, 0.4) is 0 Å². The van der Waals surface area contributed by atoms with Gasteiger partial charge in [0.15, 0.2) is 10.9 Å². The first-order valence-electron chi connectivity index (χ1n) is 10.6. The average Bonchev–Trinajstić information content (AvgIpc) is 3.27. The summed E-state index contributed by atoms with van der Waals surface area (Å²) in [5, 5.41) is 4.39. The van der Waals surface area contributed by atoms with Crippen molar-refractivity contribution in [3.05, 3.63) is 108 Å². The summed E-state index contributed by atoms with van der Waals surface area (Å²) in [6, 6.07) is 22.7. The minimum Gasteiger partial charge on any atom is -0.473 e. The van der Waals surface area contributed by atoms with Crippen LogP contribution in [-0.2, 0) is 12.4 Å². The third-order valence-corrected chi connectivity index (χ3v) is 5.92. The lowest BCUT2D eigenvalue weighted by Crippen LogP contribution is -2.13. The highest BCUT2D eigenvalue weighted by Crippen LogP contribution is 2.31. The lowest BCUT2D eigenvalue weighted by Gasteiger charge is -2.08. The van der Waals surface area contributed by atoms with E-state index in [1.165, 1.54) is 11.8 Å². The second kappa shape index (κ2) is 10.2. The largest absolute Gasteiger partial charge is 0.473 e. The van der Waals surface area contributed by atoms with Crippen molar-refractivity contribution in [1.82, 2.24) is 15.0 Å². The number of nitrogens with one attached hydrogen (secondary N) is 1. The van der Waals surface area contributed by atoms with Crippen molar-refractivity contribution in [2.24, 2.45) is 0 Å². The molecular formula is C26H20N4O3S. The highest BCUT2D eigenvalue weighted by molar-refractivity contribution is 7.98. The minimum absolute atomic E-state index is 0.258. The van der Waals surface area contributed by atoms with E-state index in [1.54, 1.807) is 36.8 Å². The molecule has 0 saturated heterocycles. The van der Waals surface area contributed by atoms with Gasteiger partial charge in [-0.2, -0.15) is 0 Å². The Morgan fingerprint density at radius 3 is 2.50 bits per heavy atom. The molecule has 0 spiro atoms. The van der Waals surface area contributed by atoms with Crippen LogP contribution in [0.2, 0.25) is 0 Å². The van der Waals surface area contributed by atoms with Crippen LogP contribution >= 0.6 is 11.8 Å². The predicted molar refractivity (Wildman–Crippen MR) is 131 cm³/mol. The Balaban J connectivity index is 1.30. The Labute approximate surface area is 200 Å². The molecule has 0 aliphatic heterocycles. The molecule has 0 unspecified atom stereocenters. The number of ether oxygens (including phenoxy) is 1. The molecule has 0 bridgehead atoms. The van der Waals surface area contributed by atoms with Gasteiger partial charge in [0.1, 0.15) is 12.2 Å². The van der Waals surface area contributed by atoms with Gasteiger partial charge < -0.3 is 14.5 Å². The van der Waals surface area contributed by atoms with Gasteiger partial charge in [0.25, 0.3) is 5.91 Å². The SMILES string of the molecule is O=C(Nc1ccc(OCc2ccccc2)nc1)c1oc2ccccc2c1CSc1ncccn1. The second-order valence-corrected chi connectivity index (χ2v) is 8.28. The molecule has 0 saturated carbocycles. The molecule has 0 radical (unpaired) electrons. The number of aromatic nitrogens is 3. The fourth-order valence-electron chi connectivity index (χ4n) is 3.38. The molecule has 2 aromatic carbocycles. The number of rotatable bonds is 8. The molecule has 5 aromatic rings. The Kier molecular flexibility index (Phi) is 6.49. The number of pyridine rings is 1. The van der Waals surface area contributed by atoms with Crippen molar-refractivity contribution in [2.75, 3.05) is 5.32 Å². The molecule has 5 rings (SSSR count). The molecule has 0 fully saturated rings. The van der Waals surface area contributed by atoms with Crippen molar-refractivity contribution in [2.45, 2.75) is 17.5 Å². The lowest BCUT2D eigenvalue weighted by atomic mass is 10.1. The molecule has 3 heterocycles. The van der Waals surface area contributed by atoms with E-state index in [4.69, 9.17) is 9.15 Å². The van der Waals surface area contributed by atoms with Gasteiger partial charge in [0, 0.05) is 35.2 Å². The van der Waals surface area contributed by atoms with Crippen molar-refractivity contribution in [3.8, 4) is 5.88 Å². The van der Waals surface area contributed by atoms with Gasteiger partial charge in [-0.3, -0.25) is 4.79 Å². The fourth-order valence-corrected chi connectivity index (χ4v) is 4.21. The van der Waals surface area contributed by atoms with E-state index in [0.29, 0.717) is 34.7 Å². The zero-order valence-corrected chi connectivity index (χ0v) is 18.9. The molecular weight excluding hydrogens is 448 g/mol. The van der Waals surface area contributed by atoms with Crippen molar-refractivity contribution in [1.29, 1.82) is 0 Å². The Morgan fingerprint density at radius 2 is 1.71 bits per heavy atom. The number of para-hydroxylation sites is 1. The molecule has 168 valence electrons. The van der Waals surface area contributed by atoms with Gasteiger partial charge in [0.05, 0.1) is 11.9 Å². The van der Waals surface area contributed by atoms with Crippen LogP contribution in [0.5, 0.6) is 5.88 Å². The molecule has 7 nitrogen and oxygen atoms in total. The van der Waals surface area contributed by atoms with Gasteiger partial charge in [-0.1, -0.05) is 60.3 Å². The molecule has 3 aromatic heterocycles. The quantitative estimate of drug-likeness (QED) is 0.229. The summed E-state index contributed by atoms with van der Waals surface area (Å²) in [5.41, 5.74) is 3.04. The van der Waals surface area contributed by atoms with Gasteiger partial charge in [-0.15, -0.1) is 0 Å². The third kappa shape index (κ3) is 5.07. The van der Waals surface area contributed by atoms with Crippen LogP contribution < -0.4 is 10.1 Å². The number of nitrogens with zero attached hydrogens (tertiary/aromatic N) is 3. The number of benzene rings is 2. The maximum atomic E-state index is 13.1. The lowest BCUT2D eigenvalue weighted by molar-refractivity contribution is 0.0997. The molecule has 1 amide bonds. The first-order chi connectivity index (χ1) is 16.8. The second-order valence-electron chi connectivity index (χ2n) is 7.34. The van der Waals surface area contributed by atoms with E-state index >= 15 is 0 Å². The highest BCUT2D eigenvalue weighted by Gasteiger charge is 2.21. The van der Waals surface area contributed by atoms with Crippen molar-refractivity contribution >= 4 is 34.3 Å². The van der Waals surface area contributed by atoms with Crippen LogP contribution in [0, 0.1) is 0 Å². The number of hydrogen-bond donors (Lipinski definition) is 1. The number of carbonyl (C=O) groups excluding carboxylic acids is 1. The maximum absolute atomic E-state index is 13.1. The molecule has 0 atom stereocenters. The zero-order chi connectivity index (χ0) is 23.2. The predicted octanol–water partition coefficient (Wildman–Crippen LogP) is 5.74. The van der Waals surface area contributed by atoms with E-state index in [-0.39, 0.29) is 11.7 Å². The monoisotopic (exact) mass is 468 g/mol. The molecule has 1 N–H and O–H groups in total. The number of furan rings is 1. The van der Waals surface area contributed by atoms with Crippen LogP contribution in [-0.4, -0.2) is 20.9 Å². The maximum Gasteiger partial charge on any atom is 0.291 e. The van der Waals surface area contributed by atoms with Crippen LogP contribution in [0.1, 0.15) is 21.7 Å². The fraction of sp³-hybridized carbons (Fsp3) is 0.0769. The summed E-state index contributed by atoms with van der Waals surface area (Å²) < 4.78 is 11.6. The molecule has 8 heteroatoms. The zero-order valence-electron chi connectivity index (χ0n) is 18.0. The highest BCUT2D eigenvalue weighted by atomic mass is 32.2. The number of thioether (sulfide) groups is 1. The van der Waals surface area contributed by atoms with E-state index in [9.17, 15) is 4.79 Å². The van der Waals surface area contributed by atoms with Gasteiger partial charge in [-0.25, -0.2) is 15.0 Å². The van der Waals surface area contributed by atoms with Gasteiger partial charge in [-0.05, 0) is 23.8 Å². The summed E-state index contributed by atoms with van der Waals surface area (Å²) in [4.78, 5) is 25.9. The molecule has 0 aliphatic rings. The Bertz CT molecular complexity index is 1390. The Hall–Kier alpha value is -4.17. The number of hydrogen-bond acceptors (Lipinski definition) is 7. The van der Waals surface area contributed by atoms with Crippen LogP contribution in [0.25, 0.3) is 11.0 Å². The third-order valence-electron chi connectivity index (χ3n) is 5.02. The normalized spacial score (nSPS) is 10.8. The number of amides is 1. The van der Waals surface area contributed by atoms with E-state index in [2.05, 4.69) is 20.3 Å². The summed E-state index contributed by atoms with van der Waals surface area (Å²) in [7, 11) is 0. The van der Waals surface area contributed by atoms with Crippen molar-refractivity contribution in [3.63, 3.8) is 0 Å².